The first-order valence-corrected chi connectivity index (χ1v) is 10.1. The van der Waals surface area contributed by atoms with Crippen molar-refractivity contribution >= 4 is 35.4 Å². The minimum atomic E-state index is 0.134. The summed E-state index contributed by atoms with van der Waals surface area (Å²) in [6.45, 7) is 6.43. The first-order valence-electron chi connectivity index (χ1n) is 9.35. The van der Waals surface area contributed by atoms with E-state index in [1.54, 1.807) is 12.3 Å². The van der Waals surface area contributed by atoms with Gasteiger partial charge in [-0.1, -0.05) is 30.1 Å². The number of carbonyl (C=O) groups excluding carboxylic acids is 1. The second kappa shape index (κ2) is 8.77. The number of carbonyl (C=O) groups is 1. The highest BCUT2D eigenvalue weighted by Crippen LogP contribution is 2.37. The van der Waals surface area contributed by atoms with Crippen molar-refractivity contribution in [2.24, 2.45) is 5.41 Å². The van der Waals surface area contributed by atoms with Crippen LogP contribution in [0.25, 0.3) is 0 Å². The highest BCUT2D eigenvalue weighted by atomic mass is 35.5. The maximum atomic E-state index is 11.6. The van der Waals surface area contributed by atoms with Gasteiger partial charge in [0.15, 0.2) is 0 Å². The standard InChI is InChI=1S/C19H27Cl2N3O2/c1-19(6-8-24(14-25)16-3-9-26-10-4-16)5-2-7-23(13-19)18-17(21)11-15(20)12-22-18/h11-12,14,16H,2-10,13H2,1H3. The van der Waals surface area contributed by atoms with E-state index in [1.807, 2.05) is 4.90 Å². The number of amides is 1. The molecule has 3 heterocycles. The van der Waals surface area contributed by atoms with E-state index in [0.717, 1.165) is 77.2 Å². The highest BCUT2D eigenvalue weighted by molar-refractivity contribution is 6.36. The van der Waals surface area contributed by atoms with Gasteiger partial charge in [0.25, 0.3) is 0 Å². The molecule has 0 spiro atoms. The van der Waals surface area contributed by atoms with Crippen LogP contribution in [0, 0.1) is 5.41 Å². The van der Waals surface area contributed by atoms with Crippen LogP contribution < -0.4 is 4.90 Å². The van der Waals surface area contributed by atoms with E-state index in [-0.39, 0.29) is 5.41 Å². The molecule has 1 aromatic heterocycles. The van der Waals surface area contributed by atoms with E-state index < -0.39 is 0 Å². The van der Waals surface area contributed by atoms with Crippen LogP contribution in [0.3, 0.4) is 0 Å². The largest absolute Gasteiger partial charge is 0.381 e. The predicted molar refractivity (Wildman–Crippen MR) is 105 cm³/mol. The third-order valence-electron chi connectivity index (χ3n) is 5.64. The maximum absolute atomic E-state index is 11.6. The van der Waals surface area contributed by atoms with Crippen molar-refractivity contribution in [2.45, 2.75) is 45.1 Å². The molecule has 1 amide bonds. The van der Waals surface area contributed by atoms with Gasteiger partial charge in [0, 0.05) is 45.1 Å². The van der Waals surface area contributed by atoms with Gasteiger partial charge in [0.05, 0.1) is 10.0 Å². The van der Waals surface area contributed by atoms with Gasteiger partial charge in [-0.2, -0.15) is 0 Å². The normalized spacial score (nSPS) is 24.5. The van der Waals surface area contributed by atoms with Crippen molar-refractivity contribution in [3.05, 3.63) is 22.3 Å². The lowest BCUT2D eigenvalue weighted by atomic mass is 9.78. The molecule has 2 saturated heterocycles. The Bertz CT molecular complexity index is 625. The van der Waals surface area contributed by atoms with Gasteiger partial charge in [-0.05, 0) is 43.6 Å². The molecule has 0 bridgehead atoms. The van der Waals surface area contributed by atoms with E-state index in [9.17, 15) is 4.79 Å². The predicted octanol–water partition coefficient (Wildman–Crippen LogP) is 4.02. The summed E-state index contributed by atoms with van der Waals surface area (Å²) in [4.78, 5) is 20.2. The van der Waals surface area contributed by atoms with Crippen molar-refractivity contribution in [3.63, 3.8) is 0 Å². The zero-order chi connectivity index (χ0) is 18.6. The zero-order valence-corrected chi connectivity index (χ0v) is 16.8. The maximum Gasteiger partial charge on any atom is 0.209 e. The van der Waals surface area contributed by atoms with Crippen molar-refractivity contribution < 1.29 is 9.53 Å². The summed E-state index contributed by atoms with van der Waals surface area (Å²) in [5.41, 5.74) is 0.134. The van der Waals surface area contributed by atoms with E-state index in [1.165, 1.54) is 0 Å². The van der Waals surface area contributed by atoms with Gasteiger partial charge >= 0.3 is 0 Å². The lowest BCUT2D eigenvalue weighted by Crippen LogP contribution is -2.45. The molecule has 7 heteroatoms. The van der Waals surface area contributed by atoms with E-state index >= 15 is 0 Å². The molecule has 1 aromatic rings. The van der Waals surface area contributed by atoms with Gasteiger partial charge in [0.1, 0.15) is 5.82 Å². The Labute approximate surface area is 165 Å². The molecule has 5 nitrogen and oxygen atoms in total. The van der Waals surface area contributed by atoms with Crippen molar-refractivity contribution in [2.75, 3.05) is 37.7 Å². The van der Waals surface area contributed by atoms with Crippen molar-refractivity contribution in [3.8, 4) is 0 Å². The lowest BCUT2D eigenvalue weighted by Gasteiger charge is -2.43. The number of halogens is 2. The zero-order valence-electron chi connectivity index (χ0n) is 15.3. The fraction of sp³-hybridized carbons (Fsp3) is 0.684. The van der Waals surface area contributed by atoms with Crippen LogP contribution in [0.5, 0.6) is 0 Å². The molecule has 144 valence electrons. The van der Waals surface area contributed by atoms with Crippen LogP contribution in [0.4, 0.5) is 5.82 Å². The quantitative estimate of drug-likeness (QED) is 0.677. The average Bonchev–Trinajstić information content (AvgIpc) is 2.63. The number of anilines is 1. The fourth-order valence-electron chi connectivity index (χ4n) is 4.08. The molecule has 3 rings (SSSR count). The van der Waals surface area contributed by atoms with Crippen molar-refractivity contribution in [1.29, 1.82) is 0 Å². The number of hydrogen-bond donors (Lipinski definition) is 0. The Kier molecular flexibility index (Phi) is 6.65. The SMILES string of the molecule is CC1(CCN(C=O)C2CCOCC2)CCCN(c2ncc(Cl)cc2Cl)C1. The van der Waals surface area contributed by atoms with Crippen LogP contribution in [-0.2, 0) is 9.53 Å². The summed E-state index contributed by atoms with van der Waals surface area (Å²) in [7, 11) is 0. The second-order valence-electron chi connectivity index (χ2n) is 7.73. The van der Waals surface area contributed by atoms with Crippen LogP contribution in [-0.4, -0.2) is 55.2 Å². The first-order chi connectivity index (χ1) is 12.5. The number of piperidine rings is 1. The summed E-state index contributed by atoms with van der Waals surface area (Å²) < 4.78 is 5.41. The van der Waals surface area contributed by atoms with Crippen LogP contribution >= 0.6 is 23.2 Å². The summed E-state index contributed by atoms with van der Waals surface area (Å²) in [6.07, 6.45) is 7.75. The molecule has 1 atom stereocenters. The Balaban J connectivity index is 1.62. The Morgan fingerprint density at radius 3 is 2.88 bits per heavy atom. The van der Waals surface area contributed by atoms with Crippen LogP contribution in [0.15, 0.2) is 12.3 Å². The Hall–Kier alpha value is -1.04. The monoisotopic (exact) mass is 399 g/mol. The number of aromatic nitrogens is 1. The molecule has 2 aliphatic rings. The summed E-state index contributed by atoms with van der Waals surface area (Å²) in [6, 6.07) is 2.06. The molecule has 2 aliphatic heterocycles. The minimum absolute atomic E-state index is 0.134. The minimum Gasteiger partial charge on any atom is -0.381 e. The third-order valence-corrected chi connectivity index (χ3v) is 6.12. The molecule has 2 fully saturated rings. The van der Waals surface area contributed by atoms with Crippen molar-refractivity contribution in [1.82, 2.24) is 9.88 Å². The smallest absolute Gasteiger partial charge is 0.209 e. The fourth-order valence-corrected chi connectivity index (χ4v) is 4.58. The summed E-state index contributed by atoms with van der Waals surface area (Å²) in [5.74, 6) is 0.804. The molecule has 0 radical (unpaired) electrons. The lowest BCUT2D eigenvalue weighted by molar-refractivity contribution is -0.122. The summed E-state index contributed by atoms with van der Waals surface area (Å²) >= 11 is 12.3. The third kappa shape index (κ3) is 4.81. The average molecular weight is 400 g/mol. The summed E-state index contributed by atoms with van der Waals surface area (Å²) in [5, 5.41) is 1.15. The van der Waals surface area contributed by atoms with Gasteiger partial charge in [0.2, 0.25) is 6.41 Å². The second-order valence-corrected chi connectivity index (χ2v) is 8.58. The van der Waals surface area contributed by atoms with Crippen LogP contribution in [0.1, 0.15) is 39.0 Å². The number of hydrogen-bond acceptors (Lipinski definition) is 4. The molecular formula is C19H27Cl2N3O2. The van der Waals surface area contributed by atoms with E-state index in [0.29, 0.717) is 16.1 Å². The Morgan fingerprint density at radius 1 is 1.42 bits per heavy atom. The highest BCUT2D eigenvalue weighted by Gasteiger charge is 2.33. The van der Waals surface area contributed by atoms with Crippen LogP contribution in [0.2, 0.25) is 10.0 Å². The number of pyridine rings is 1. The molecular weight excluding hydrogens is 373 g/mol. The molecule has 0 saturated carbocycles. The molecule has 1 unspecified atom stereocenters. The molecule has 26 heavy (non-hydrogen) atoms. The van der Waals surface area contributed by atoms with Gasteiger partial charge < -0.3 is 14.5 Å². The van der Waals surface area contributed by atoms with Gasteiger partial charge in [-0.3, -0.25) is 4.79 Å². The molecule has 0 N–H and O–H groups in total. The van der Waals surface area contributed by atoms with Gasteiger partial charge in [-0.25, -0.2) is 4.98 Å². The Morgan fingerprint density at radius 2 is 2.19 bits per heavy atom. The molecule has 0 aliphatic carbocycles. The van der Waals surface area contributed by atoms with E-state index in [2.05, 4.69) is 16.8 Å². The van der Waals surface area contributed by atoms with E-state index in [4.69, 9.17) is 27.9 Å². The van der Waals surface area contributed by atoms with Gasteiger partial charge in [-0.15, -0.1) is 0 Å². The number of rotatable bonds is 6. The molecule has 0 aromatic carbocycles. The number of ether oxygens (including phenoxy) is 1. The topological polar surface area (TPSA) is 45.7 Å². The number of nitrogens with zero attached hydrogens (tertiary/aromatic N) is 3. The first kappa shape index (κ1) is 19.7.